The van der Waals surface area contributed by atoms with Gasteiger partial charge in [-0.2, -0.15) is 0 Å². The normalized spacial score (nSPS) is 10.5. The van der Waals surface area contributed by atoms with Crippen LogP contribution in [0.15, 0.2) is 6.07 Å². The molecule has 0 atom stereocenters. The lowest BCUT2D eigenvalue weighted by molar-refractivity contribution is 0.462. The number of hydrogen-bond acceptors (Lipinski definition) is 2. The number of halogens is 2. The second-order valence-corrected chi connectivity index (χ2v) is 3.23. The van der Waals surface area contributed by atoms with E-state index in [1.807, 2.05) is 0 Å². The molecule has 4 heteroatoms. The van der Waals surface area contributed by atoms with Crippen LogP contribution in [0.3, 0.4) is 0 Å². The Kier molecular flexibility index (Phi) is 3.12. The topological polar surface area (TPSA) is 32.3 Å². The van der Waals surface area contributed by atoms with Crippen LogP contribution in [0.1, 0.15) is 11.1 Å². The Morgan fingerprint density at radius 2 is 2.23 bits per heavy atom. The molecule has 0 fully saturated rings. The number of phenols is 1. The Labute approximate surface area is 81.3 Å². The minimum absolute atomic E-state index is 0.0464. The zero-order valence-electron chi connectivity index (χ0n) is 7.49. The molecule has 1 aromatic carbocycles. The van der Waals surface area contributed by atoms with E-state index in [2.05, 4.69) is 5.32 Å². The largest absolute Gasteiger partial charge is 0.506 e. The van der Waals surface area contributed by atoms with Gasteiger partial charge < -0.3 is 10.4 Å². The van der Waals surface area contributed by atoms with Crippen LogP contribution in [0.25, 0.3) is 0 Å². The number of rotatable bonds is 2. The smallest absolute Gasteiger partial charge is 0.139 e. The number of benzene rings is 1. The maximum absolute atomic E-state index is 13.1. The van der Waals surface area contributed by atoms with Gasteiger partial charge in [-0.05, 0) is 25.6 Å². The van der Waals surface area contributed by atoms with Crippen LogP contribution in [0.4, 0.5) is 4.39 Å². The number of aromatic hydroxyl groups is 1. The highest BCUT2D eigenvalue weighted by atomic mass is 35.5. The van der Waals surface area contributed by atoms with Crippen LogP contribution >= 0.6 is 11.6 Å². The average molecular weight is 204 g/mol. The highest BCUT2D eigenvalue weighted by Crippen LogP contribution is 2.31. The SMILES string of the molecule is CNCc1c(C)c(F)cc(Cl)c1O. The van der Waals surface area contributed by atoms with Gasteiger partial charge in [-0.25, -0.2) is 4.39 Å². The first-order valence-electron chi connectivity index (χ1n) is 3.89. The Hall–Kier alpha value is -0.800. The molecule has 0 unspecified atom stereocenters. The maximum Gasteiger partial charge on any atom is 0.139 e. The first kappa shape index (κ1) is 10.3. The molecule has 0 heterocycles. The van der Waals surface area contributed by atoms with Crippen molar-refractivity contribution in [1.29, 1.82) is 0 Å². The quantitative estimate of drug-likeness (QED) is 0.773. The molecule has 1 aromatic rings. The van der Waals surface area contributed by atoms with Gasteiger partial charge in [-0.15, -0.1) is 0 Å². The second kappa shape index (κ2) is 3.94. The molecule has 0 saturated heterocycles. The molecular formula is C9H11ClFNO. The first-order chi connectivity index (χ1) is 6.07. The molecule has 2 N–H and O–H groups in total. The summed E-state index contributed by atoms with van der Waals surface area (Å²) in [7, 11) is 1.72. The highest BCUT2D eigenvalue weighted by Gasteiger charge is 2.12. The average Bonchev–Trinajstić information content (AvgIpc) is 2.09. The predicted octanol–water partition coefficient (Wildman–Crippen LogP) is 2.21. The number of nitrogens with one attached hydrogen (secondary N) is 1. The van der Waals surface area contributed by atoms with E-state index in [9.17, 15) is 9.50 Å². The molecule has 0 aliphatic heterocycles. The Bertz CT molecular complexity index is 302. The third kappa shape index (κ3) is 1.92. The lowest BCUT2D eigenvalue weighted by Crippen LogP contribution is -2.08. The zero-order valence-corrected chi connectivity index (χ0v) is 8.24. The number of phenolic OH excluding ortho intramolecular Hbond substituents is 1. The lowest BCUT2D eigenvalue weighted by Gasteiger charge is -2.10. The zero-order chi connectivity index (χ0) is 10.0. The fraction of sp³-hybridized carbons (Fsp3) is 0.333. The summed E-state index contributed by atoms with van der Waals surface area (Å²) >= 11 is 5.61. The fourth-order valence-electron chi connectivity index (χ4n) is 1.15. The monoisotopic (exact) mass is 203 g/mol. The summed E-state index contributed by atoms with van der Waals surface area (Å²) in [6, 6.07) is 1.12. The van der Waals surface area contributed by atoms with Gasteiger partial charge in [0.25, 0.3) is 0 Å². The van der Waals surface area contributed by atoms with E-state index < -0.39 is 5.82 Å². The van der Waals surface area contributed by atoms with Crippen molar-refractivity contribution in [2.75, 3.05) is 7.05 Å². The molecule has 0 amide bonds. The Morgan fingerprint density at radius 3 is 2.77 bits per heavy atom. The molecule has 2 nitrogen and oxygen atoms in total. The van der Waals surface area contributed by atoms with Gasteiger partial charge in [0.15, 0.2) is 0 Å². The van der Waals surface area contributed by atoms with Crippen molar-refractivity contribution in [2.24, 2.45) is 0 Å². The minimum atomic E-state index is -0.395. The summed E-state index contributed by atoms with van der Waals surface area (Å²) in [6.45, 7) is 2.01. The molecule has 72 valence electrons. The van der Waals surface area contributed by atoms with Crippen LogP contribution in [0.5, 0.6) is 5.75 Å². The Balaban J connectivity index is 3.28. The molecule has 1 rings (SSSR count). The van der Waals surface area contributed by atoms with E-state index in [1.54, 1.807) is 14.0 Å². The molecule has 0 radical (unpaired) electrons. The summed E-state index contributed by atoms with van der Waals surface area (Å²) in [4.78, 5) is 0. The third-order valence-electron chi connectivity index (χ3n) is 1.93. The first-order valence-corrected chi connectivity index (χ1v) is 4.26. The summed E-state index contributed by atoms with van der Waals surface area (Å²) in [5, 5.41) is 12.4. The van der Waals surface area contributed by atoms with Crippen molar-refractivity contribution in [2.45, 2.75) is 13.5 Å². The number of hydrogen-bond donors (Lipinski definition) is 2. The molecular weight excluding hydrogens is 193 g/mol. The molecule has 0 aromatic heterocycles. The van der Waals surface area contributed by atoms with Crippen LogP contribution in [-0.2, 0) is 6.54 Å². The molecule has 0 bridgehead atoms. The van der Waals surface area contributed by atoms with Crippen molar-refractivity contribution in [1.82, 2.24) is 5.32 Å². The van der Waals surface area contributed by atoms with Gasteiger partial charge in [-0.1, -0.05) is 11.6 Å². The summed E-state index contributed by atoms with van der Waals surface area (Å²) in [6.07, 6.45) is 0. The minimum Gasteiger partial charge on any atom is -0.506 e. The highest BCUT2D eigenvalue weighted by molar-refractivity contribution is 6.32. The summed E-state index contributed by atoms with van der Waals surface area (Å²) < 4.78 is 13.1. The van der Waals surface area contributed by atoms with Gasteiger partial charge in [0, 0.05) is 12.1 Å². The van der Waals surface area contributed by atoms with Crippen molar-refractivity contribution < 1.29 is 9.50 Å². The van der Waals surface area contributed by atoms with Gasteiger partial charge >= 0.3 is 0 Å². The van der Waals surface area contributed by atoms with E-state index in [4.69, 9.17) is 11.6 Å². The molecule has 0 aliphatic rings. The molecule has 13 heavy (non-hydrogen) atoms. The van der Waals surface area contributed by atoms with E-state index >= 15 is 0 Å². The van der Waals surface area contributed by atoms with Gasteiger partial charge in [0.2, 0.25) is 0 Å². The van der Waals surface area contributed by atoms with Gasteiger partial charge in [0.05, 0.1) is 5.02 Å². The van der Waals surface area contributed by atoms with Crippen LogP contribution in [-0.4, -0.2) is 12.2 Å². The summed E-state index contributed by atoms with van der Waals surface area (Å²) in [5.74, 6) is -0.442. The van der Waals surface area contributed by atoms with E-state index in [-0.39, 0.29) is 10.8 Å². The van der Waals surface area contributed by atoms with Gasteiger partial charge in [0.1, 0.15) is 11.6 Å². The van der Waals surface area contributed by atoms with Crippen molar-refractivity contribution >= 4 is 11.6 Å². The lowest BCUT2D eigenvalue weighted by atomic mass is 10.1. The van der Waals surface area contributed by atoms with Crippen molar-refractivity contribution in [3.05, 3.63) is 28.0 Å². The van der Waals surface area contributed by atoms with E-state index in [1.165, 1.54) is 0 Å². The predicted molar refractivity (Wildman–Crippen MR) is 50.6 cm³/mol. The maximum atomic E-state index is 13.1. The molecule has 0 aliphatic carbocycles. The van der Waals surface area contributed by atoms with E-state index in [0.29, 0.717) is 17.7 Å². The van der Waals surface area contributed by atoms with Gasteiger partial charge in [-0.3, -0.25) is 0 Å². The van der Waals surface area contributed by atoms with Crippen LogP contribution in [0, 0.1) is 12.7 Å². The van der Waals surface area contributed by atoms with Crippen molar-refractivity contribution in [3.63, 3.8) is 0 Å². The standard InChI is InChI=1S/C9H11ClFNO/c1-5-6(4-12-2)9(13)7(10)3-8(5)11/h3,12-13H,4H2,1-2H3. The molecule has 0 saturated carbocycles. The molecule has 0 spiro atoms. The second-order valence-electron chi connectivity index (χ2n) is 2.82. The summed E-state index contributed by atoms with van der Waals surface area (Å²) in [5.41, 5.74) is 0.934. The van der Waals surface area contributed by atoms with Crippen LogP contribution < -0.4 is 5.32 Å². The van der Waals surface area contributed by atoms with E-state index in [0.717, 1.165) is 6.07 Å². The van der Waals surface area contributed by atoms with Crippen LogP contribution in [0.2, 0.25) is 5.02 Å². The fourth-order valence-corrected chi connectivity index (χ4v) is 1.36. The van der Waals surface area contributed by atoms with Crippen molar-refractivity contribution in [3.8, 4) is 5.75 Å². The Morgan fingerprint density at radius 1 is 1.62 bits per heavy atom. The third-order valence-corrected chi connectivity index (χ3v) is 2.22.